The van der Waals surface area contributed by atoms with E-state index in [4.69, 9.17) is 16.8 Å². The number of carbonyl (C=O) groups is 3. The van der Waals surface area contributed by atoms with Gasteiger partial charge in [-0.05, 0) is 19.4 Å². The number of hydrogen-bond donors (Lipinski definition) is 0. The Labute approximate surface area is 140 Å². The van der Waals surface area contributed by atoms with Crippen molar-refractivity contribution in [1.29, 1.82) is 0 Å². The fourth-order valence-corrected chi connectivity index (χ4v) is 3.77. The van der Waals surface area contributed by atoms with Crippen LogP contribution in [0.3, 0.4) is 0 Å². The van der Waals surface area contributed by atoms with Crippen molar-refractivity contribution in [1.82, 2.24) is 0 Å². The highest BCUT2D eigenvalue weighted by Gasteiger charge is 2.44. The van der Waals surface area contributed by atoms with Gasteiger partial charge in [0.2, 0.25) is 0 Å². The Morgan fingerprint density at radius 1 is 1.52 bits per heavy atom. The molecule has 0 bridgehead atoms. The zero-order chi connectivity index (χ0) is 17.0. The third-order valence-electron chi connectivity index (χ3n) is 3.94. The minimum atomic E-state index is -1.13. The summed E-state index contributed by atoms with van der Waals surface area (Å²) >= 11 is 0. The van der Waals surface area contributed by atoms with Crippen molar-refractivity contribution in [3.05, 3.63) is 23.8 Å². The quantitative estimate of drug-likeness (QED) is 0.290. The van der Waals surface area contributed by atoms with Gasteiger partial charge < -0.3 is 9.26 Å². The summed E-state index contributed by atoms with van der Waals surface area (Å²) in [5, 5.41) is 0. The lowest BCUT2D eigenvalue weighted by Gasteiger charge is -2.20. The van der Waals surface area contributed by atoms with Gasteiger partial charge in [-0.3, -0.25) is 9.59 Å². The standard InChI is InChI=1S/C15H19BO5P2/c1-2-9(17)3-4-10(18)5-6-11-12-7-15(19)20-13(12)8-14(11)21-23(16)22/h5-7,11,13-14H,2-4,8,22H2,1H3/b6-5+/t11-,13-,14+,23?/m0/s1. The van der Waals surface area contributed by atoms with Crippen molar-refractivity contribution in [3.8, 4) is 0 Å². The second-order valence-corrected chi connectivity index (χ2v) is 8.01. The van der Waals surface area contributed by atoms with E-state index in [1.165, 1.54) is 12.2 Å². The Bertz CT molecular complexity index is 558. The number of ether oxygens (including phenoxy) is 1. The van der Waals surface area contributed by atoms with Crippen LogP contribution in [-0.2, 0) is 23.6 Å². The highest BCUT2D eigenvalue weighted by atomic mass is 32.0. The Balaban J connectivity index is 2.02. The van der Waals surface area contributed by atoms with Crippen LogP contribution in [-0.4, -0.2) is 37.3 Å². The van der Waals surface area contributed by atoms with Crippen LogP contribution in [0.2, 0.25) is 0 Å². The van der Waals surface area contributed by atoms with E-state index >= 15 is 0 Å². The summed E-state index contributed by atoms with van der Waals surface area (Å²) in [5.74, 6) is -0.599. The number of ketones is 2. The van der Waals surface area contributed by atoms with Crippen molar-refractivity contribution in [3.63, 3.8) is 0 Å². The molecule has 122 valence electrons. The Kier molecular flexibility index (Phi) is 6.70. The molecule has 0 N–H and O–H groups in total. The van der Waals surface area contributed by atoms with Gasteiger partial charge in [-0.2, -0.15) is 0 Å². The number of Topliss-reactive ketones (excluding diaryl/α,β-unsaturated/α-hetero) is 1. The van der Waals surface area contributed by atoms with Crippen molar-refractivity contribution in [2.75, 3.05) is 0 Å². The summed E-state index contributed by atoms with van der Waals surface area (Å²) in [4.78, 5) is 34.5. The molecule has 0 aromatic heterocycles. The number of esters is 1. The van der Waals surface area contributed by atoms with Crippen LogP contribution in [0.15, 0.2) is 23.8 Å². The molecule has 2 aliphatic rings. The van der Waals surface area contributed by atoms with Crippen LogP contribution < -0.4 is 0 Å². The van der Waals surface area contributed by atoms with Gasteiger partial charge in [-0.25, -0.2) is 4.79 Å². The first-order chi connectivity index (χ1) is 10.9. The molecule has 2 rings (SSSR count). The summed E-state index contributed by atoms with van der Waals surface area (Å²) in [7, 11) is 7.01. The molecule has 8 heteroatoms. The Hall–Kier alpha value is -0.825. The van der Waals surface area contributed by atoms with E-state index in [2.05, 4.69) is 8.93 Å². The van der Waals surface area contributed by atoms with E-state index in [1.807, 2.05) is 0 Å². The first-order valence-corrected chi connectivity index (χ1v) is 10.5. The van der Waals surface area contributed by atoms with E-state index in [0.717, 1.165) is 5.57 Å². The number of rotatable bonds is 8. The lowest BCUT2D eigenvalue weighted by molar-refractivity contribution is -0.139. The molecule has 1 saturated carbocycles. The van der Waals surface area contributed by atoms with Crippen LogP contribution in [0.1, 0.15) is 32.6 Å². The predicted octanol–water partition coefficient (Wildman–Crippen LogP) is 2.40. The van der Waals surface area contributed by atoms with Gasteiger partial charge in [0.25, 0.3) is 0 Å². The summed E-state index contributed by atoms with van der Waals surface area (Å²) in [5.41, 5.74) is 0.829. The zero-order valence-corrected chi connectivity index (χ0v) is 15.0. The Morgan fingerprint density at radius 2 is 2.26 bits per heavy atom. The molecule has 2 unspecified atom stereocenters. The molecule has 0 aromatic carbocycles. The maximum atomic E-state index is 11.9. The molecule has 0 saturated heterocycles. The van der Waals surface area contributed by atoms with Crippen LogP contribution in [0.4, 0.5) is 0 Å². The van der Waals surface area contributed by atoms with Crippen molar-refractivity contribution >= 4 is 41.7 Å². The highest BCUT2D eigenvalue weighted by molar-refractivity contribution is 8.23. The van der Waals surface area contributed by atoms with Crippen molar-refractivity contribution < 1.29 is 23.6 Å². The zero-order valence-electron chi connectivity index (χ0n) is 12.9. The first kappa shape index (κ1) is 18.5. The van der Waals surface area contributed by atoms with Crippen LogP contribution in [0, 0.1) is 5.92 Å². The largest absolute Gasteiger partial charge is 0.455 e. The molecule has 1 heterocycles. The molecule has 1 fully saturated rings. The SMILES string of the molecule is [B]P(P)O[C@@H]1C[C@@H]2OC(=O)C=C2[C@@H]1/C=C/C(=O)CCC(=O)CC. The van der Waals surface area contributed by atoms with E-state index in [1.54, 1.807) is 13.0 Å². The van der Waals surface area contributed by atoms with Crippen LogP contribution in [0.25, 0.3) is 0 Å². The molecule has 5 nitrogen and oxygen atoms in total. The monoisotopic (exact) mass is 352 g/mol. The number of carbonyl (C=O) groups excluding carboxylic acids is 3. The van der Waals surface area contributed by atoms with Gasteiger partial charge in [-0.15, -0.1) is 0 Å². The van der Waals surface area contributed by atoms with Crippen molar-refractivity contribution in [2.45, 2.75) is 44.8 Å². The lowest BCUT2D eigenvalue weighted by atomic mass is 9.99. The molecule has 1 aliphatic carbocycles. The maximum absolute atomic E-state index is 11.9. The third-order valence-corrected chi connectivity index (χ3v) is 4.82. The molecule has 2 radical (unpaired) electrons. The van der Waals surface area contributed by atoms with E-state index in [-0.39, 0.29) is 48.5 Å². The van der Waals surface area contributed by atoms with Gasteiger partial charge in [0, 0.05) is 37.7 Å². The maximum Gasteiger partial charge on any atom is 0.331 e. The summed E-state index contributed by atoms with van der Waals surface area (Å²) in [6.45, 7) is 1.78. The van der Waals surface area contributed by atoms with E-state index in [0.29, 0.717) is 12.8 Å². The average Bonchev–Trinajstić information content (AvgIpc) is 2.97. The molecule has 1 aliphatic heterocycles. The summed E-state index contributed by atoms with van der Waals surface area (Å²) in [6.07, 6.45) is 5.61. The van der Waals surface area contributed by atoms with Gasteiger partial charge >= 0.3 is 5.97 Å². The van der Waals surface area contributed by atoms with Crippen molar-refractivity contribution in [2.24, 2.45) is 5.92 Å². The van der Waals surface area contributed by atoms with Crippen LogP contribution in [0.5, 0.6) is 0 Å². The smallest absolute Gasteiger partial charge is 0.331 e. The van der Waals surface area contributed by atoms with E-state index < -0.39 is 7.72 Å². The van der Waals surface area contributed by atoms with E-state index in [9.17, 15) is 14.4 Å². The average molecular weight is 352 g/mol. The normalized spacial score (nSPS) is 27.7. The number of hydrogen-bond acceptors (Lipinski definition) is 5. The molecular weight excluding hydrogens is 333 g/mol. The fourth-order valence-electron chi connectivity index (χ4n) is 2.77. The summed E-state index contributed by atoms with van der Waals surface area (Å²) < 4.78 is 10.9. The Morgan fingerprint density at radius 3 is 2.91 bits per heavy atom. The summed E-state index contributed by atoms with van der Waals surface area (Å²) in [6, 6.07) is 0. The van der Waals surface area contributed by atoms with Gasteiger partial charge in [0.05, 0.1) is 6.10 Å². The van der Waals surface area contributed by atoms with Gasteiger partial charge in [0.1, 0.15) is 11.9 Å². The predicted molar refractivity (Wildman–Crippen MR) is 92.0 cm³/mol. The lowest BCUT2D eigenvalue weighted by Crippen LogP contribution is -2.16. The molecule has 23 heavy (non-hydrogen) atoms. The molecule has 0 amide bonds. The van der Waals surface area contributed by atoms with Crippen LogP contribution >= 0.6 is 16.6 Å². The highest BCUT2D eigenvalue weighted by Crippen LogP contribution is 2.49. The molecular formula is C15H19BO5P2. The second-order valence-electron chi connectivity index (χ2n) is 5.55. The molecule has 0 aromatic rings. The third kappa shape index (κ3) is 5.07. The van der Waals surface area contributed by atoms with Gasteiger partial charge in [0.15, 0.2) is 13.3 Å². The topological polar surface area (TPSA) is 69.7 Å². The molecule has 0 spiro atoms. The number of fused-ring (bicyclic) bond motifs is 1. The molecule has 5 atom stereocenters. The fraction of sp³-hybridized carbons (Fsp3) is 0.533. The first-order valence-electron chi connectivity index (χ1n) is 7.51. The second kappa shape index (κ2) is 8.33. The number of allylic oxidation sites excluding steroid dienone is 1. The van der Waals surface area contributed by atoms with Gasteiger partial charge in [-0.1, -0.05) is 21.9 Å². The minimum absolute atomic E-state index is 0.0724. The minimum Gasteiger partial charge on any atom is -0.455 e.